The lowest BCUT2D eigenvalue weighted by Crippen LogP contribution is -2.13. The summed E-state index contributed by atoms with van der Waals surface area (Å²) in [5.74, 6) is -0.133. The van der Waals surface area contributed by atoms with Crippen LogP contribution in [0.4, 0.5) is 11.4 Å². The number of anilines is 2. The molecular weight excluding hydrogens is 214 g/mol. The maximum absolute atomic E-state index is 11.8. The first kappa shape index (κ1) is 11.3. The first-order chi connectivity index (χ1) is 8.16. The van der Waals surface area contributed by atoms with Crippen LogP contribution in [-0.4, -0.2) is 25.0 Å². The predicted molar refractivity (Wildman–Crippen MR) is 69.5 cm³/mol. The van der Waals surface area contributed by atoms with Gasteiger partial charge in [-0.25, -0.2) is 0 Å². The smallest absolute Gasteiger partial charge is 0.272 e. The van der Waals surface area contributed by atoms with Crippen molar-refractivity contribution in [3.05, 3.63) is 48.3 Å². The van der Waals surface area contributed by atoms with Gasteiger partial charge in [-0.15, -0.1) is 0 Å². The highest BCUT2D eigenvalue weighted by atomic mass is 16.1. The lowest BCUT2D eigenvalue weighted by atomic mass is 10.2. The van der Waals surface area contributed by atoms with Gasteiger partial charge in [-0.3, -0.25) is 4.79 Å². The van der Waals surface area contributed by atoms with E-state index in [9.17, 15) is 4.79 Å². The molecule has 17 heavy (non-hydrogen) atoms. The number of rotatable bonds is 3. The molecule has 2 N–H and O–H groups in total. The standard InChI is InChI=1S/C13H15N3O/c1-16(2)11-6-3-5-10(9-11)15-13(17)12-7-4-8-14-12/h3-9,14H,1-2H3,(H,15,17). The fraction of sp³-hybridized carbons (Fsp3) is 0.154. The van der Waals surface area contributed by atoms with Crippen molar-refractivity contribution >= 4 is 17.3 Å². The first-order valence-corrected chi connectivity index (χ1v) is 5.39. The maximum Gasteiger partial charge on any atom is 0.272 e. The van der Waals surface area contributed by atoms with Gasteiger partial charge in [0.1, 0.15) is 5.69 Å². The number of aromatic nitrogens is 1. The Kier molecular flexibility index (Phi) is 3.14. The van der Waals surface area contributed by atoms with E-state index in [1.54, 1.807) is 18.3 Å². The molecule has 0 bridgehead atoms. The molecule has 88 valence electrons. The SMILES string of the molecule is CN(C)c1cccc(NC(=O)c2ccc[nH]2)c1. The quantitative estimate of drug-likeness (QED) is 0.848. The van der Waals surface area contributed by atoms with Gasteiger partial charge in [-0.1, -0.05) is 6.07 Å². The number of amides is 1. The zero-order valence-electron chi connectivity index (χ0n) is 9.90. The van der Waals surface area contributed by atoms with Crippen molar-refractivity contribution in [2.75, 3.05) is 24.3 Å². The van der Waals surface area contributed by atoms with E-state index in [1.807, 2.05) is 43.3 Å². The Morgan fingerprint density at radius 3 is 2.71 bits per heavy atom. The Morgan fingerprint density at radius 2 is 2.06 bits per heavy atom. The summed E-state index contributed by atoms with van der Waals surface area (Å²) in [6.45, 7) is 0. The van der Waals surface area contributed by atoms with E-state index in [2.05, 4.69) is 10.3 Å². The normalized spacial score (nSPS) is 10.0. The number of hydrogen-bond donors (Lipinski definition) is 2. The van der Waals surface area contributed by atoms with E-state index < -0.39 is 0 Å². The summed E-state index contributed by atoms with van der Waals surface area (Å²) in [4.78, 5) is 16.7. The largest absolute Gasteiger partial charge is 0.378 e. The molecule has 1 aromatic heterocycles. The van der Waals surface area contributed by atoms with E-state index in [4.69, 9.17) is 0 Å². The molecule has 0 unspecified atom stereocenters. The second-order valence-corrected chi connectivity index (χ2v) is 3.98. The summed E-state index contributed by atoms with van der Waals surface area (Å²) in [7, 11) is 3.93. The van der Waals surface area contributed by atoms with Crippen LogP contribution in [0.3, 0.4) is 0 Å². The third-order valence-corrected chi connectivity index (χ3v) is 2.46. The molecule has 1 aromatic carbocycles. The minimum atomic E-state index is -0.133. The van der Waals surface area contributed by atoms with Crippen molar-refractivity contribution in [1.29, 1.82) is 0 Å². The van der Waals surface area contributed by atoms with E-state index >= 15 is 0 Å². The van der Waals surface area contributed by atoms with E-state index in [-0.39, 0.29) is 5.91 Å². The number of nitrogens with one attached hydrogen (secondary N) is 2. The molecule has 4 heteroatoms. The lowest BCUT2D eigenvalue weighted by molar-refractivity contribution is 0.102. The van der Waals surface area contributed by atoms with Crippen molar-refractivity contribution < 1.29 is 4.79 Å². The Labute approximate surface area is 100 Å². The highest BCUT2D eigenvalue weighted by Crippen LogP contribution is 2.17. The number of carbonyl (C=O) groups is 1. The van der Waals surface area contributed by atoms with Crippen LogP contribution in [0.15, 0.2) is 42.6 Å². The van der Waals surface area contributed by atoms with Gasteiger partial charge in [0.25, 0.3) is 5.91 Å². The van der Waals surface area contributed by atoms with Crippen molar-refractivity contribution in [2.45, 2.75) is 0 Å². The van der Waals surface area contributed by atoms with E-state index in [0.717, 1.165) is 11.4 Å². The van der Waals surface area contributed by atoms with Crippen LogP contribution in [0.25, 0.3) is 0 Å². The fourth-order valence-electron chi connectivity index (χ4n) is 1.53. The molecule has 1 heterocycles. The topological polar surface area (TPSA) is 48.1 Å². The molecule has 1 amide bonds. The molecule has 4 nitrogen and oxygen atoms in total. The Balaban J connectivity index is 2.14. The molecule has 0 fully saturated rings. The summed E-state index contributed by atoms with van der Waals surface area (Å²) < 4.78 is 0. The monoisotopic (exact) mass is 229 g/mol. The number of nitrogens with zero attached hydrogens (tertiary/aromatic N) is 1. The van der Waals surface area contributed by atoms with Gasteiger partial charge in [-0.2, -0.15) is 0 Å². The first-order valence-electron chi connectivity index (χ1n) is 5.39. The summed E-state index contributed by atoms with van der Waals surface area (Å²) in [6.07, 6.45) is 1.73. The van der Waals surface area contributed by atoms with Gasteiger partial charge in [0.05, 0.1) is 0 Å². The zero-order valence-corrected chi connectivity index (χ0v) is 9.90. The molecule has 0 atom stereocenters. The Morgan fingerprint density at radius 1 is 1.24 bits per heavy atom. The number of hydrogen-bond acceptors (Lipinski definition) is 2. The minimum absolute atomic E-state index is 0.133. The van der Waals surface area contributed by atoms with Gasteiger partial charge < -0.3 is 15.2 Å². The molecule has 2 rings (SSSR count). The Hall–Kier alpha value is -2.23. The minimum Gasteiger partial charge on any atom is -0.378 e. The van der Waals surface area contributed by atoms with Crippen molar-refractivity contribution in [1.82, 2.24) is 4.98 Å². The van der Waals surface area contributed by atoms with Crippen LogP contribution < -0.4 is 10.2 Å². The summed E-state index contributed by atoms with van der Waals surface area (Å²) in [5, 5.41) is 2.84. The molecular formula is C13H15N3O. The van der Waals surface area contributed by atoms with Gasteiger partial charge in [0, 0.05) is 31.7 Å². The molecule has 0 aliphatic heterocycles. The van der Waals surface area contributed by atoms with Gasteiger partial charge in [0.2, 0.25) is 0 Å². The van der Waals surface area contributed by atoms with Crippen molar-refractivity contribution in [3.8, 4) is 0 Å². The van der Waals surface area contributed by atoms with Crippen LogP contribution in [-0.2, 0) is 0 Å². The predicted octanol–water partition coefficient (Wildman–Crippen LogP) is 2.33. The molecule has 0 saturated carbocycles. The summed E-state index contributed by atoms with van der Waals surface area (Å²) in [5.41, 5.74) is 2.39. The molecule has 0 radical (unpaired) electrons. The van der Waals surface area contributed by atoms with E-state index in [0.29, 0.717) is 5.69 Å². The highest BCUT2D eigenvalue weighted by molar-refractivity contribution is 6.03. The van der Waals surface area contributed by atoms with Crippen LogP contribution in [0.2, 0.25) is 0 Å². The maximum atomic E-state index is 11.8. The Bertz CT molecular complexity index is 503. The van der Waals surface area contributed by atoms with Crippen molar-refractivity contribution in [3.63, 3.8) is 0 Å². The molecule has 0 aliphatic carbocycles. The number of carbonyl (C=O) groups excluding carboxylic acids is 1. The second-order valence-electron chi connectivity index (χ2n) is 3.98. The average molecular weight is 229 g/mol. The molecule has 0 aliphatic rings. The summed E-state index contributed by atoms with van der Waals surface area (Å²) in [6, 6.07) is 11.2. The van der Waals surface area contributed by atoms with Crippen LogP contribution in [0.5, 0.6) is 0 Å². The van der Waals surface area contributed by atoms with Gasteiger partial charge in [0.15, 0.2) is 0 Å². The zero-order chi connectivity index (χ0) is 12.3. The van der Waals surface area contributed by atoms with Crippen LogP contribution in [0.1, 0.15) is 10.5 Å². The number of H-pyrrole nitrogens is 1. The number of benzene rings is 1. The average Bonchev–Trinajstić information content (AvgIpc) is 2.82. The summed E-state index contributed by atoms with van der Waals surface area (Å²) >= 11 is 0. The number of aromatic amines is 1. The van der Waals surface area contributed by atoms with Crippen LogP contribution >= 0.6 is 0 Å². The fourth-order valence-corrected chi connectivity index (χ4v) is 1.53. The highest BCUT2D eigenvalue weighted by Gasteiger charge is 2.06. The van der Waals surface area contributed by atoms with Crippen LogP contribution in [0, 0.1) is 0 Å². The molecule has 2 aromatic rings. The molecule has 0 spiro atoms. The second kappa shape index (κ2) is 4.74. The van der Waals surface area contributed by atoms with E-state index in [1.165, 1.54) is 0 Å². The van der Waals surface area contributed by atoms with Gasteiger partial charge >= 0.3 is 0 Å². The lowest BCUT2D eigenvalue weighted by Gasteiger charge is -2.13. The third kappa shape index (κ3) is 2.66. The third-order valence-electron chi connectivity index (χ3n) is 2.46. The molecule has 0 saturated heterocycles. The van der Waals surface area contributed by atoms with Gasteiger partial charge in [-0.05, 0) is 30.3 Å². The van der Waals surface area contributed by atoms with Crippen molar-refractivity contribution in [2.24, 2.45) is 0 Å².